The molecular formula is C24H14N4. The van der Waals surface area contributed by atoms with E-state index in [-0.39, 0.29) is 0 Å². The van der Waals surface area contributed by atoms with Crippen molar-refractivity contribution in [3.05, 3.63) is 84.4 Å². The molecule has 0 saturated heterocycles. The highest BCUT2D eigenvalue weighted by Crippen LogP contribution is 2.40. The maximum Gasteiger partial charge on any atom is 0.146 e. The van der Waals surface area contributed by atoms with E-state index in [1.165, 1.54) is 22.3 Å². The Morgan fingerprint density at radius 3 is 2.54 bits per heavy atom. The first kappa shape index (κ1) is 14.3. The molecule has 0 unspecified atom stereocenters. The zero-order valence-corrected chi connectivity index (χ0v) is 14.9. The SMILES string of the molecule is c1ccc2c(c1)Cc1cc3c(cc1-2)nc1c2ccncc2c2ccncc2n31. The van der Waals surface area contributed by atoms with Gasteiger partial charge in [0.2, 0.25) is 0 Å². The third-order valence-corrected chi connectivity index (χ3v) is 5.96. The number of benzene rings is 2. The number of hydrogen-bond donors (Lipinski definition) is 0. The van der Waals surface area contributed by atoms with Crippen molar-refractivity contribution in [2.24, 2.45) is 0 Å². The van der Waals surface area contributed by atoms with Crippen LogP contribution in [0, 0.1) is 0 Å². The van der Waals surface area contributed by atoms with E-state index in [0.29, 0.717) is 0 Å². The Morgan fingerprint density at radius 1 is 0.714 bits per heavy atom. The average Bonchev–Trinajstić information content (AvgIpc) is 3.30. The first-order valence-corrected chi connectivity index (χ1v) is 9.41. The van der Waals surface area contributed by atoms with Crippen molar-refractivity contribution in [3.63, 3.8) is 0 Å². The smallest absolute Gasteiger partial charge is 0.146 e. The summed E-state index contributed by atoms with van der Waals surface area (Å²) in [7, 11) is 0. The van der Waals surface area contributed by atoms with Gasteiger partial charge in [0.15, 0.2) is 0 Å². The van der Waals surface area contributed by atoms with E-state index in [0.717, 1.165) is 44.8 Å². The van der Waals surface area contributed by atoms with Crippen LogP contribution < -0.4 is 0 Å². The summed E-state index contributed by atoms with van der Waals surface area (Å²) in [5.74, 6) is 0. The first-order valence-electron chi connectivity index (χ1n) is 9.41. The van der Waals surface area contributed by atoms with E-state index < -0.39 is 0 Å². The molecule has 0 aliphatic heterocycles. The minimum Gasteiger partial charge on any atom is -0.290 e. The molecule has 0 fully saturated rings. The fourth-order valence-corrected chi connectivity index (χ4v) is 4.73. The maximum absolute atomic E-state index is 5.05. The van der Waals surface area contributed by atoms with Crippen LogP contribution in [-0.4, -0.2) is 19.4 Å². The predicted octanol–water partition coefficient (Wildman–Crippen LogP) is 5.16. The van der Waals surface area contributed by atoms with Crippen LogP contribution in [0.25, 0.3) is 49.5 Å². The highest BCUT2D eigenvalue weighted by Gasteiger charge is 2.21. The van der Waals surface area contributed by atoms with E-state index in [1.54, 1.807) is 0 Å². The molecule has 4 aromatic heterocycles. The molecule has 28 heavy (non-hydrogen) atoms. The van der Waals surface area contributed by atoms with Crippen molar-refractivity contribution in [1.29, 1.82) is 0 Å². The van der Waals surface area contributed by atoms with Gasteiger partial charge in [-0.25, -0.2) is 4.98 Å². The number of fused-ring (bicyclic) bond motifs is 11. The van der Waals surface area contributed by atoms with Crippen LogP contribution in [-0.2, 0) is 6.42 Å². The van der Waals surface area contributed by atoms with Gasteiger partial charge in [-0.05, 0) is 52.9 Å². The topological polar surface area (TPSA) is 43.1 Å². The highest BCUT2D eigenvalue weighted by molar-refractivity contribution is 6.13. The minimum absolute atomic E-state index is 0.963. The quantitative estimate of drug-likeness (QED) is 0.352. The first-order chi connectivity index (χ1) is 13.9. The highest BCUT2D eigenvalue weighted by atomic mass is 15.0. The Balaban J connectivity index is 1.70. The van der Waals surface area contributed by atoms with Crippen LogP contribution in [0.15, 0.2) is 73.3 Å². The van der Waals surface area contributed by atoms with Gasteiger partial charge in [-0.3, -0.25) is 14.4 Å². The third-order valence-electron chi connectivity index (χ3n) is 5.96. The lowest BCUT2D eigenvalue weighted by Crippen LogP contribution is -1.93. The summed E-state index contributed by atoms with van der Waals surface area (Å²) < 4.78 is 2.25. The standard InChI is InChI=1S/C24H14N4/c1-2-4-16-14(3-1)9-15-10-22-21(11-19(15)16)27-24-18-6-8-25-12-20(18)17-5-7-26-13-23(17)28(22)24/h1-8,10-13H,9H2. The van der Waals surface area contributed by atoms with Gasteiger partial charge in [0.1, 0.15) is 5.65 Å². The second kappa shape index (κ2) is 4.93. The van der Waals surface area contributed by atoms with Gasteiger partial charge in [0.25, 0.3) is 0 Å². The van der Waals surface area contributed by atoms with Crippen molar-refractivity contribution >= 4 is 38.4 Å². The van der Waals surface area contributed by atoms with Gasteiger partial charge in [-0.1, -0.05) is 24.3 Å². The minimum atomic E-state index is 0.963. The van der Waals surface area contributed by atoms with Gasteiger partial charge >= 0.3 is 0 Å². The Kier molecular flexibility index (Phi) is 2.51. The van der Waals surface area contributed by atoms with Gasteiger partial charge in [-0.15, -0.1) is 0 Å². The van der Waals surface area contributed by atoms with Crippen molar-refractivity contribution in [1.82, 2.24) is 19.4 Å². The van der Waals surface area contributed by atoms with Crippen LogP contribution in [0.2, 0.25) is 0 Å². The summed E-state index contributed by atoms with van der Waals surface area (Å²) in [5, 5.41) is 3.37. The Morgan fingerprint density at radius 2 is 1.57 bits per heavy atom. The number of rotatable bonds is 0. The number of nitrogens with zero attached hydrogens (tertiary/aromatic N) is 4. The number of pyridine rings is 3. The molecule has 0 spiro atoms. The summed E-state index contributed by atoms with van der Waals surface area (Å²) in [6, 6.07) is 17.3. The Labute approximate surface area is 160 Å². The molecular weight excluding hydrogens is 344 g/mol. The van der Waals surface area contributed by atoms with E-state index in [2.05, 4.69) is 62.9 Å². The van der Waals surface area contributed by atoms with Crippen molar-refractivity contribution in [2.75, 3.05) is 0 Å². The van der Waals surface area contributed by atoms with Gasteiger partial charge < -0.3 is 0 Å². The fourth-order valence-electron chi connectivity index (χ4n) is 4.73. The molecule has 7 rings (SSSR count). The second-order valence-corrected chi connectivity index (χ2v) is 7.42. The normalized spacial score (nSPS) is 12.9. The zero-order chi connectivity index (χ0) is 18.2. The van der Waals surface area contributed by atoms with Crippen LogP contribution in [0.1, 0.15) is 11.1 Å². The number of hydrogen-bond acceptors (Lipinski definition) is 3. The maximum atomic E-state index is 5.05. The molecule has 4 nitrogen and oxygen atoms in total. The molecule has 0 N–H and O–H groups in total. The number of aromatic nitrogens is 4. The molecule has 130 valence electrons. The molecule has 0 amide bonds. The Bertz CT molecular complexity index is 1590. The van der Waals surface area contributed by atoms with Crippen molar-refractivity contribution in [3.8, 4) is 11.1 Å². The predicted molar refractivity (Wildman–Crippen MR) is 112 cm³/mol. The molecule has 4 heterocycles. The Hall–Kier alpha value is -3.79. The molecule has 0 bridgehead atoms. The summed E-state index contributed by atoms with van der Waals surface area (Å²) in [4.78, 5) is 13.8. The molecule has 4 heteroatoms. The third kappa shape index (κ3) is 1.68. The van der Waals surface area contributed by atoms with Gasteiger partial charge in [0.05, 0.1) is 22.7 Å². The van der Waals surface area contributed by atoms with E-state index in [4.69, 9.17) is 4.98 Å². The number of imidazole rings is 1. The van der Waals surface area contributed by atoms with E-state index in [9.17, 15) is 0 Å². The summed E-state index contributed by atoms with van der Waals surface area (Å²) in [6.07, 6.45) is 8.51. The average molecular weight is 358 g/mol. The van der Waals surface area contributed by atoms with Crippen molar-refractivity contribution in [2.45, 2.75) is 6.42 Å². The fraction of sp³-hybridized carbons (Fsp3) is 0.0417. The van der Waals surface area contributed by atoms with Gasteiger partial charge in [-0.2, -0.15) is 0 Å². The van der Waals surface area contributed by atoms with Crippen LogP contribution in [0.3, 0.4) is 0 Å². The zero-order valence-electron chi connectivity index (χ0n) is 14.9. The van der Waals surface area contributed by atoms with Crippen LogP contribution in [0.5, 0.6) is 0 Å². The lowest BCUT2D eigenvalue weighted by molar-refractivity contribution is 1.24. The van der Waals surface area contributed by atoms with E-state index >= 15 is 0 Å². The molecule has 2 aromatic carbocycles. The second-order valence-electron chi connectivity index (χ2n) is 7.42. The lowest BCUT2D eigenvalue weighted by Gasteiger charge is -2.08. The molecule has 0 radical (unpaired) electrons. The van der Waals surface area contributed by atoms with E-state index in [1.807, 2.05) is 24.8 Å². The summed E-state index contributed by atoms with van der Waals surface area (Å²) in [6.45, 7) is 0. The molecule has 6 aromatic rings. The molecule has 0 saturated carbocycles. The largest absolute Gasteiger partial charge is 0.290 e. The van der Waals surface area contributed by atoms with Crippen LogP contribution in [0.4, 0.5) is 0 Å². The van der Waals surface area contributed by atoms with Gasteiger partial charge in [0, 0.05) is 34.7 Å². The molecule has 1 aliphatic rings. The summed E-state index contributed by atoms with van der Waals surface area (Å²) >= 11 is 0. The molecule has 1 aliphatic carbocycles. The summed E-state index contributed by atoms with van der Waals surface area (Å²) in [5.41, 5.74) is 9.57. The monoisotopic (exact) mass is 358 g/mol. The van der Waals surface area contributed by atoms with Crippen LogP contribution >= 0.6 is 0 Å². The lowest BCUT2D eigenvalue weighted by atomic mass is 10.1. The van der Waals surface area contributed by atoms with Crippen molar-refractivity contribution < 1.29 is 0 Å². The molecule has 0 atom stereocenters.